The zero-order valence-corrected chi connectivity index (χ0v) is 20.5. The van der Waals surface area contributed by atoms with Crippen LogP contribution in [0.1, 0.15) is 36.8 Å². The minimum atomic E-state index is -3.19. The molecule has 1 saturated carbocycles. The number of rotatable bonds is 4. The second-order valence-electron chi connectivity index (χ2n) is 10.9. The molecular formula is C28H28F2N4O4. The van der Waals surface area contributed by atoms with Crippen molar-refractivity contribution in [1.29, 1.82) is 5.26 Å². The van der Waals surface area contributed by atoms with Crippen LogP contribution < -0.4 is 10.6 Å². The van der Waals surface area contributed by atoms with Crippen molar-refractivity contribution in [3.63, 3.8) is 0 Å². The molecule has 38 heavy (non-hydrogen) atoms. The van der Waals surface area contributed by atoms with E-state index < -0.39 is 60.5 Å². The van der Waals surface area contributed by atoms with Gasteiger partial charge in [0.25, 0.3) is 11.8 Å². The summed E-state index contributed by atoms with van der Waals surface area (Å²) in [7, 11) is 0. The van der Waals surface area contributed by atoms with Gasteiger partial charge in [0.1, 0.15) is 17.8 Å². The number of likely N-dealkylation sites (tertiary alicyclic amines) is 1. The molecule has 3 unspecified atom stereocenters. The van der Waals surface area contributed by atoms with Gasteiger partial charge in [0.2, 0.25) is 5.91 Å². The average molecular weight is 523 g/mol. The van der Waals surface area contributed by atoms with Gasteiger partial charge in [0.15, 0.2) is 5.60 Å². The summed E-state index contributed by atoms with van der Waals surface area (Å²) in [6.07, 6.45) is -1.44. The van der Waals surface area contributed by atoms with Crippen LogP contribution in [-0.2, 0) is 15.2 Å². The third-order valence-corrected chi connectivity index (χ3v) is 8.70. The number of halogens is 2. The Morgan fingerprint density at radius 1 is 1.08 bits per heavy atom. The first kappa shape index (κ1) is 24.9. The maximum Gasteiger partial charge on any atom is 0.264 e. The summed E-state index contributed by atoms with van der Waals surface area (Å²) < 4.78 is 29.2. The van der Waals surface area contributed by atoms with Crippen LogP contribution in [0.4, 0.5) is 8.78 Å². The van der Waals surface area contributed by atoms with Crippen molar-refractivity contribution in [3.8, 4) is 17.2 Å². The number of nitrogens with zero attached hydrogens (tertiary/aromatic N) is 2. The summed E-state index contributed by atoms with van der Waals surface area (Å²) in [5.41, 5.74) is -1.44. The van der Waals surface area contributed by atoms with Crippen LogP contribution in [0.3, 0.4) is 0 Å². The van der Waals surface area contributed by atoms with Gasteiger partial charge in [-0.2, -0.15) is 5.26 Å². The maximum absolute atomic E-state index is 14.6. The number of hydrogen-bond donors (Lipinski definition) is 4. The quantitative estimate of drug-likeness (QED) is 0.486. The maximum atomic E-state index is 14.6. The fourth-order valence-electron chi connectivity index (χ4n) is 6.60. The van der Waals surface area contributed by atoms with Gasteiger partial charge in [-0.25, -0.2) is 8.78 Å². The van der Waals surface area contributed by atoms with Crippen molar-refractivity contribution in [2.45, 2.75) is 55.0 Å². The molecule has 2 aromatic carbocycles. The molecule has 0 spiro atoms. The summed E-state index contributed by atoms with van der Waals surface area (Å²) >= 11 is 0. The molecule has 2 amide bonds. The third-order valence-electron chi connectivity index (χ3n) is 8.70. The molecule has 2 saturated heterocycles. The fraction of sp³-hybridized carbons (Fsp3) is 0.464. The van der Waals surface area contributed by atoms with Crippen molar-refractivity contribution < 1.29 is 28.6 Å². The van der Waals surface area contributed by atoms with E-state index in [1.165, 1.54) is 0 Å². The van der Waals surface area contributed by atoms with Gasteiger partial charge in [0.05, 0.1) is 6.07 Å². The van der Waals surface area contributed by atoms with Crippen LogP contribution in [-0.4, -0.2) is 63.7 Å². The molecule has 6 rings (SSSR count). The lowest BCUT2D eigenvalue weighted by molar-refractivity contribution is -0.164. The number of amides is 2. The van der Waals surface area contributed by atoms with E-state index in [0.29, 0.717) is 41.6 Å². The lowest BCUT2D eigenvalue weighted by Crippen LogP contribution is -2.61. The first-order chi connectivity index (χ1) is 18.1. The zero-order chi connectivity index (χ0) is 26.9. The number of carbonyl (C=O) groups excluding carboxylic acids is 2. The molecule has 0 bridgehead atoms. The summed E-state index contributed by atoms with van der Waals surface area (Å²) in [6, 6.07) is 14.3. The van der Waals surface area contributed by atoms with Gasteiger partial charge >= 0.3 is 0 Å². The van der Waals surface area contributed by atoms with Crippen LogP contribution in [0.5, 0.6) is 0 Å². The number of carbonyl (C=O) groups is 2. The zero-order valence-electron chi connectivity index (χ0n) is 20.5. The number of aliphatic hydroxyl groups is 2. The SMILES string of the molecule is N#CC1(NC(=O)[C@@H]2CC(F)(F)CCN2C(=O)C2(O)c3ccccc3-c3ccccc32)CC1[C@@H]1CCNC1O. The van der Waals surface area contributed by atoms with E-state index in [9.17, 15) is 33.8 Å². The number of benzene rings is 2. The van der Waals surface area contributed by atoms with Crippen molar-refractivity contribution >= 4 is 11.8 Å². The standard InChI is InChI=1S/C28H28F2N4O4/c29-27(30)10-12-34(22(14-27)24(36)33-26(15-31)13-21(26)18-9-11-32-23(18)35)25(37)28(38)19-7-3-1-5-16(19)17-6-2-4-8-20(17)28/h1-8,18,21-23,32,35,38H,9-14H2,(H,33,36)/t18-,21?,22-,23?,26?/m0/s1. The summed E-state index contributed by atoms with van der Waals surface area (Å²) in [5, 5.41) is 37.6. The van der Waals surface area contributed by atoms with Crippen molar-refractivity contribution in [3.05, 3.63) is 59.7 Å². The molecule has 10 heteroatoms. The average Bonchev–Trinajstić information content (AvgIpc) is 3.34. The van der Waals surface area contributed by atoms with Crippen LogP contribution >= 0.6 is 0 Å². The van der Waals surface area contributed by atoms with Gasteiger partial charge < -0.3 is 20.4 Å². The Balaban J connectivity index is 1.32. The Morgan fingerprint density at radius 2 is 1.71 bits per heavy atom. The molecule has 2 heterocycles. The summed E-state index contributed by atoms with van der Waals surface area (Å²) in [6.45, 7) is 0.154. The van der Waals surface area contributed by atoms with Crippen LogP contribution in [0.25, 0.3) is 11.1 Å². The van der Waals surface area contributed by atoms with E-state index in [2.05, 4.69) is 16.7 Å². The first-order valence-corrected chi connectivity index (χ1v) is 12.9. The molecule has 2 aliphatic carbocycles. The van der Waals surface area contributed by atoms with Crippen molar-refractivity contribution in [1.82, 2.24) is 15.5 Å². The number of nitrogens with one attached hydrogen (secondary N) is 2. The third kappa shape index (κ3) is 3.64. The number of hydrogen-bond acceptors (Lipinski definition) is 6. The Labute approximate surface area is 218 Å². The molecule has 2 aromatic rings. The highest BCUT2D eigenvalue weighted by molar-refractivity contribution is 6.01. The molecule has 0 aromatic heterocycles. The monoisotopic (exact) mass is 522 g/mol. The highest BCUT2D eigenvalue weighted by atomic mass is 19.3. The Kier molecular flexibility index (Phi) is 5.61. The van der Waals surface area contributed by atoms with E-state index in [4.69, 9.17) is 0 Å². The topological polar surface area (TPSA) is 126 Å². The predicted molar refractivity (Wildman–Crippen MR) is 131 cm³/mol. The van der Waals surface area contributed by atoms with E-state index in [-0.39, 0.29) is 11.8 Å². The second-order valence-corrected chi connectivity index (χ2v) is 10.9. The number of nitriles is 1. The summed E-state index contributed by atoms with van der Waals surface area (Å²) in [5.74, 6) is -5.47. The minimum absolute atomic E-state index is 0.243. The van der Waals surface area contributed by atoms with E-state index in [1.54, 1.807) is 48.5 Å². The fourth-order valence-corrected chi connectivity index (χ4v) is 6.60. The Morgan fingerprint density at radius 3 is 2.29 bits per heavy atom. The predicted octanol–water partition coefficient (Wildman–Crippen LogP) is 1.86. The molecule has 2 aliphatic heterocycles. The Bertz CT molecular complexity index is 1310. The number of alkyl halides is 2. The van der Waals surface area contributed by atoms with Gasteiger partial charge in [-0.15, -0.1) is 0 Å². The number of piperidine rings is 1. The van der Waals surface area contributed by atoms with Crippen LogP contribution in [0, 0.1) is 23.2 Å². The summed E-state index contributed by atoms with van der Waals surface area (Å²) in [4.78, 5) is 28.6. The van der Waals surface area contributed by atoms with Gasteiger partial charge in [-0.3, -0.25) is 14.9 Å². The molecule has 4 N–H and O–H groups in total. The van der Waals surface area contributed by atoms with Crippen molar-refractivity contribution in [2.24, 2.45) is 11.8 Å². The number of aliphatic hydroxyl groups excluding tert-OH is 1. The minimum Gasteiger partial charge on any atom is -0.378 e. The molecule has 8 nitrogen and oxygen atoms in total. The molecular weight excluding hydrogens is 494 g/mol. The normalized spacial score (nSPS) is 32.1. The number of fused-ring (bicyclic) bond motifs is 3. The highest BCUT2D eigenvalue weighted by Gasteiger charge is 2.62. The van der Waals surface area contributed by atoms with Gasteiger partial charge in [0, 0.05) is 42.3 Å². The smallest absolute Gasteiger partial charge is 0.264 e. The lowest BCUT2D eigenvalue weighted by atomic mass is 9.87. The van der Waals surface area contributed by atoms with E-state index in [1.807, 2.05) is 0 Å². The molecule has 198 valence electrons. The largest absolute Gasteiger partial charge is 0.378 e. The van der Waals surface area contributed by atoms with E-state index >= 15 is 0 Å². The van der Waals surface area contributed by atoms with Crippen LogP contribution in [0.2, 0.25) is 0 Å². The van der Waals surface area contributed by atoms with Crippen molar-refractivity contribution in [2.75, 3.05) is 13.1 Å². The highest BCUT2D eigenvalue weighted by Crippen LogP contribution is 2.52. The molecule has 4 aliphatic rings. The molecule has 3 fully saturated rings. The van der Waals surface area contributed by atoms with Gasteiger partial charge in [-0.1, -0.05) is 48.5 Å². The first-order valence-electron chi connectivity index (χ1n) is 12.9. The molecule has 5 atom stereocenters. The molecule has 0 radical (unpaired) electrons. The van der Waals surface area contributed by atoms with E-state index in [0.717, 1.165) is 4.90 Å². The Hall–Kier alpha value is -3.39. The lowest BCUT2D eigenvalue weighted by Gasteiger charge is -2.42. The van der Waals surface area contributed by atoms with Gasteiger partial charge in [-0.05, 0) is 30.5 Å². The second kappa shape index (κ2) is 8.56. The van der Waals surface area contributed by atoms with Crippen LogP contribution in [0.15, 0.2) is 48.5 Å².